The lowest BCUT2D eigenvalue weighted by atomic mass is 10.1. The molecule has 0 spiro atoms. The molecule has 1 atom stereocenters. The molecule has 0 N–H and O–H groups in total. The zero-order valence-corrected chi connectivity index (χ0v) is 14.1. The summed E-state index contributed by atoms with van der Waals surface area (Å²) >= 11 is 5.89. The summed E-state index contributed by atoms with van der Waals surface area (Å²) in [6.07, 6.45) is 0.698. The third-order valence-corrected chi connectivity index (χ3v) is 6.09. The summed E-state index contributed by atoms with van der Waals surface area (Å²) in [5.41, 5.74) is 1.74. The Balaban J connectivity index is 2.02. The topological polar surface area (TPSA) is 54.5 Å². The minimum Gasteiger partial charge on any atom is -0.274 e. The van der Waals surface area contributed by atoms with Gasteiger partial charge in [-0.1, -0.05) is 41.4 Å². The van der Waals surface area contributed by atoms with Crippen molar-refractivity contribution >= 4 is 27.5 Å². The van der Waals surface area contributed by atoms with Crippen LogP contribution in [0.3, 0.4) is 0 Å². The maximum Gasteiger partial charge on any atom is 0.267 e. The van der Waals surface area contributed by atoms with Gasteiger partial charge >= 0.3 is 0 Å². The van der Waals surface area contributed by atoms with E-state index in [1.807, 2.05) is 6.92 Å². The van der Waals surface area contributed by atoms with Gasteiger partial charge in [0.15, 0.2) is 0 Å². The molecule has 120 valence electrons. The van der Waals surface area contributed by atoms with Crippen LogP contribution in [-0.2, 0) is 14.8 Å². The van der Waals surface area contributed by atoms with Crippen molar-refractivity contribution in [3.8, 4) is 0 Å². The van der Waals surface area contributed by atoms with Crippen LogP contribution in [0.1, 0.15) is 30.0 Å². The van der Waals surface area contributed by atoms with E-state index in [1.165, 1.54) is 12.1 Å². The highest BCUT2D eigenvalue weighted by atomic mass is 35.5. The minimum absolute atomic E-state index is 0.136. The molecule has 0 bridgehead atoms. The van der Waals surface area contributed by atoms with Gasteiger partial charge in [-0.25, -0.2) is 12.7 Å². The Morgan fingerprint density at radius 2 is 1.65 bits per heavy atom. The number of nitrogens with zero attached hydrogens (tertiary/aromatic N) is 1. The van der Waals surface area contributed by atoms with Crippen LogP contribution >= 0.6 is 11.6 Å². The fourth-order valence-corrected chi connectivity index (χ4v) is 4.53. The molecule has 1 saturated heterocycles. The molecule has 0 saturated carbocycles. The summed E-state index contributed by atoms with van der Waals surface area (Å²) in [5, 5.41) is 0.575. The lowest BCUT2D eigenvalue weighted by molar-refractivity contribution is -0.124. The van der Waals surface area contributed by atoms with Crippen LogP contribution in [0.5, 0.6) is 0 Å². The van der Waals surface area contributed by atoms with Crippen molar-refractivity contribution in [2.45, 2.75) is 30.7 Å². The van der Waals surface area contributed by atoms with Crippen molar-refractivity contribution in [3.63, 3.8) is 0 Å². The average Bonchev–Trinajstić information content (AvgIpc) is 2.91. The molecule has 3 rings (SSSR count). The molecule has 2 aromatic rings. The van der Waals surface area contributed by atoms with Crippen LogP contribution in [0.15, 0.2) is 53.4 Å². The van der Waals surface area contributed by atoms with Crippen molar-refractivity contribution in [3.05, 3.63) is 64.7 Å². The molecule has 1 aliphatic rings. The van der Waals surface area contributed by atoms with Gasteiger partial charge in [-0.15, -0.1) is 0 Å². The number of rotatable bonds is 3. The van der Waals surface area contributed by atoms with Gasteiger partial charge in [0.05, 0.1) is 10.9 Å². The Kier molecular flexibility index (Phi) is 4.17. The predicted molar refractivity (Wildman–Crippen MR) is 88.6 cm³/mol. The maximum atomic E-state index is 12.9. The molecule has 1 aliphatic heterocycles. The second-order valence-corrected chi connectivity index (χ2v) is 7.87. The number of halogens is 1. The van der Waals surface area contributed by atoms with Crippen LogP contribution < -0.4 is 0 Å². The third-order valence-electron chi connectivity index (χ3n) is 3.99. The molecule has 4 nitrogen and oxygen atoms in total. The van der Waals surface area contributed by atoms with Crippen molar-refractivity contribution in [2.24, 2.45) is 0 Å². The molecular formula is C17H16ClNO3S. The number of carbonyl (C=O) groups is 1. The van der Waals surface area contributed by atoms with Crippen LogP contribution in [0.4, 0.5) is 0 Å². The highest BCUT2D eigenvalue weighted by Crippen LogP contribution is 2.37. The van der Waals surface area contributed by atoms with E-state index in [4.69, 9.17) is 11.6 Å². The first-order chi connectivity index (χ1) is 10.9. The van der Waals surface area contributed by atoms with Crippen LogP contribution in [0.2, 0.25) is 5.02 Å². The van der Waals surface area contributed by atoms with Gasteiger partial charge in [-0.3, -0.25) is 4.79 Å². The Morgan fingerprint density at radius 1 is 1.04 bits per heavy atom. The van der Waals surface area contributed by atoms with Gasteiger partial charge in [-0.2, -0.15) is 0 Å². The molecule has 23 heavy (non-hydrogen) atoms. The van der Waals surface area contributed by atoms with E-state index >= 15 is 0 Å². The molecule has 0 radical (unpaired) electrons. The zero-order valence-electron chi connectivity index (χ0n) is 12.6. The fourth-order valence-electron chi connectivity index (χ4n) is 2.77. The number of benzene rings is 2. The molecule has 2 aromatic carbocycles. The van der Waals surface area contributed by atoms with Gasteiger partial charge < -0.3 is 0 Å². The monoisotopic (exact) mass is 349 g/mol. The summed E-state index contributed by atoms with van der Waals surface area (Å²) in [6.45, 7) is 1.88. The summed E-state index contributed by atoms with van der Waals surface area (Å²) in [5.74, 6) is -0.370. The van der Waals surface area contributed by atoms with Crippen molar-refractivity contribution in [1.29, 1.82) is 0 Å². The molecule has 0 aliphatic carbocycles. The van der Waals surface area contributed by atoms with E-state index in [0.29, 0.717) is 11.4 Å². The van der Waals surface area contributed by atoms with Gasteiger partial charge in [0.25, 0.3) is 10.0 Å². The molecule has 0 aromatic heterocycles. The standard InChI is InChI=1S/C17H16ClNO3S/c1-12-2-8-15(9-3-12)23(21,22)19-16(10-11-17(19)20)13-4-6-14(18)7-5-13/h2-9,16H,10-11H2,1H3/t16-/m0/s1. The molecule has 0 unspecified atom stereocenters. The first kappa shape index (κ1) is 16.0. The van der Waals surface area contributed by atoms with E-state index in [1.54, 1.807) is 36.4 Å². The summed E-state index contributed by atoms with van der Waals surface area (Å²) < 4.78 is 26.8. The second-order valence-electron chi connectivity index (χ2n) is 5.61. The summed E-state index contributed by atoms with van der Waals surface area (Å²) in [7, 11) is -3.86. The van der Waals surface area contributed by atoms with E-state index in [-0.39, 0.29) is 17.2 Å². The zero-order chi connectivity index (χ0) is 16.6. The Bertz CT molecular complexity index is 829. The largest absolute Gasteiger partial charge is 0.274 e. The first-order valence-electron chi connectivity index (χ1n) is 7.29. The number of amides is 1. The smallest absolute Gasteiger partial charge is 0.267 e. The van der Waals surface area contributed by atoms with Crippen molar-refractivity contribution < 1.29 is 13.2 Å². The van der Waals surface area contributed by atoms with E-state index in [9.17, 15) is 13.2 Å². The Labute approximate surface area is 140 Å². The highest BCUT2D eigenvalue weighted by Gasteiger charge is 2.41. The van der Waals surface area contributed by atoms with Gasteiger partial charge in [0.2, 0.25) is 5.91 Å². The van der Waals surface area contributed by atoms with Crippen molar-refractivity contribution in [2.75, 3.05) is 0 Å². The third kappa shape index (κ3) is 2.99. The van der Waals surface area contributed by atoms with Gasteiger partial charge in [0, 0.05) is 11.4 Å². The van der Waals surface area contributed by atoms with Gasteiger partial charge in [0.1, 0.15) is 0 Å². The molecule has 1 heterocycles. The minimum atomic E-state index is -3.86. The van der Waals surface area contributed by atoms with Crippen LogP contribution in [-0.4, -0.2) is 18.6 Å². The summed E-state index contributed by atoms with van der Waals surface area (Å²) in [6, 6.07) is 13.0. The quantitative estimate of drug-likeness (QED) is 0.849. The number of sulfonamides is 1. The molecule has 6 heteroatoms. The molecule has 1 amide bonds. The lowest BCUT2D eigenvalue weighted by Gasteiger charge is -2.25. The maximum absolute atomic E-state index is 12.9. The fraction of sp³-hybridized carbons (Fsp3) is 0.235. The number of carbonyl (C=O) groups excluding carboxylic acids is 1. The Morgan fingerprint density at radius 3 is 2.26 bits per heavy atom. The lowest BCUT2D eigenvalue weighted by Crippen LogP contribution is -2.34. The highest BCUT2D eigenvalue weighted by molar-refractivity contribution is 7.89. The van der Waals surface area contributed by atoms with Crippen LogP contribution in [0, 0.1) is 6.92 Å². The SMILES string of the molecule is Cc1ccc(S(=O)(=O)N2C(=O)CC[C@H]2c2ccc(Cl)cc2)cc1. The number of hydrogen-bond donors (Lipinski definition) is 0. The predicted octanol–water partition coefficient (Wildman–Crippen LogP) is 3.70. The number of aryl methyl sites for hydroxylation is 1. The van der Waals surface area contributed by atoms with Gasteiger partial charge in [-0.05, 0) is 43.2 Å². The average molecular weight is 350 g/mol. The Hall–Kier alpha value is -1.85. The van der Waals surface area contributed by atoms with E-state index < -0.39 is 16.1 Å². The normalized spacial score (nSPS) is 18.4. The second kappa shape index (κ2) is 5.98. The molecular weight excluding hydrogens is 334 g/mol. The molecule has 1 fully saturated rings. The van der Waals surface area contributed by atoms with E-state index in [0.717, 1.165) is 15.4 Å². The number of hydrogen-bond acceptors (Lipinski definition) is 3. The first-order valence-corrected chi connectivity index (χ1v) is 9.11. The van der Waals surface area contributed by atoms with Crippen LogP contribution in [0.25, 0.3) is 0 Å². The summed E-state index contributed by atoms with van der Waals surface area (Å²) in [4.78, 5) is 12.4. The van der Waals surface area contributed by atoms with Crippen molar-refractivity contribution in [1.82, 2.24) is 4.31 Å². The van der Waals surface area contributed by atoms with E-state index in [2.05, 4.69) is 0 Å².